The first-order valence-electron chi connectivity index (χ1n) is 6.32. The molecule has 0 aliphatic carbocycles. The van der Waals surface area contributed by atoms with Crippen LogP contribution in [0.5, 0.6) is 0 Å². The van der Waals surface area contributed by atoms with Gasteiger partial charge in [0.1, 0.15) is 11.5 Å². The van der Waals surface area contributed by atoms with Gasteiger partial charge in [0.25, 0.3) is 5.56 Å². The Morgan fingerprint density at radius 2 is 1.62 bits per heavy atom. The summed E-state index contributed by atoms with van der Waals surface area (Å²) in [6, 6.07) is 9.18. The quantitative estimate of drug-likeness (QED) is 0.680. The van der Waals surface area contributed by atoms with E-state index in [9.17, 15) is 14.0 Å². The number of hydrogen-bond acceptors (Lipinski definition) is 3. The molecule has 0 aliphatic heterocycles. The Hall–Kier alpha value is -2.76. The van der Waals surface area contributed by atoms with Crippen molar-refractivity contribution in [2.75, 3.05) is 0 Å². The Morgan fingerprint density at radius 3 is 2.29 bits per heavy atom. The standard InChI is InChI=1S/C15H12FN3O2/c1-18-13-11(14(20)19(2)15(18)21)7-8-12(17-13)9-3-5-10(16)6-4-9/h3-8H,1-2H3. The maximum Gasteiger partial charge on any atom is 0.332 e. The van der Waals surface area contributed by atoms with Gasteiger partial charge in [0.15, 0.2) is 0 Å². The number of aryl methyl sites for hydroxylation is 1. The molecule has 0 unspecified atom stereocenters. The highest BCUT2D eigenvalue weighted by molar-refractivity contribution is 5.77. The molecule has 21 heavy (non-hydrogen) atoms. The van der Waals surface area contributed by atoms with E-state index in [1.165, 1.54) is 23.7 Å². The van der Waals surface area contributed by atoms with Crippen LogP contribution in [0.1, 0.15) is 0 Å². The normalized spacial score (nSPS) is 11.0. The predicted octanol–water partition coefficient (Wildman–Crippen LogP) is 1.44. The average Bonchev–Trinajstić information content (AvgIpc) is 2.51. The summed E-state index contributed by atoms with van der Waals surface area (Å²) < 4.78 is 15.3. The van der Waals surface area contributed by atoms with Crippen molar-refractivity contribution in [3.05, 3.63) is 63.1 Å². The van der Waals surface area contributed by atoms with E-state index in [2.05, 4.69) is 4.98 Å². The highest BCUT2D eigenvalue weighted by Gasteiger charge is 2.10. The Labute approximate surface area is 118 Å². The lowest BCUT2D eigenvalue weighted by atomic mass is 10.1. The number of hydrogen-bond donors (Lipinski definition) is 0. The summed E-state index contributed by atoms with van der Waals surface area (Å²) in [5.41, 5.74) is 0.782. The van der Waals surface area contributed by atoms with Crippen LogP contribution in [0.15, 0.2) is 46.0 Å². The van der Waals surface area contributed by atoms with Crippen LogP contribution in [0.3, 0.4) is 0 Å². The maximum absolute atomic E-state index is 13.0. The van der Waals surface area contributed by atoms with Crippen molar-refractivity contribution in [2.45, 2.75) is 0 Å². The number of rotatable bonds is 1. The summed E-state index contributed by atoms with van der Waals surface area (Å²) in [6.45, 7) is 0. The topological polar surface area (TPSA) is 56.9 Å². The predicted molar refractivity (Wildman–Crippen MR) is 77.6 cm³/mol. The first-order chi connectivity index (χ1) is 9.99. The van der Waals surface area contributed by atoms with Gasteiger partial charge in [0, 0.05) is 19.7 Å². The van der Waals surface area contributed by atoms with Crippen molar-refractivity contribution in [2.24, 2.45) is 14.1 Å². The molecule has 3 aromatic rings. The lowest BCUT2D eigenvalue weighted by Gasteiger charge is -2.08. The summed E-state index contributed by atoms with van der Waals surface area (Å²) in [7, 11) is 2.99. The summed E-state index contributed by atoms with van der Waals surface area (Å²) >= 11 is 0. The van der Waals surface area contributed by atoms with Crippen molar-refractivity contribution in [3.8, 4) is 11.3 Å². The second-order valence-corrected chi connectivity index (χ2v) is 4.78. The van der Waals surface area contributed by atoms with E-state index in [-0.39, 0.29) is 11.4 Å². The molecule has 0 radical (unpaired) electrons. The Bertz CT molecular complexity index is 956. The van der Waals surface area contributed by atoms with Gasteiger partial charge < -0.3 is 0 Å². The molecule has 5 nitrogen and oxygen atoms in total. The molecule has 3 rings (SSSR count). The Kier molecular flexibility index (Phi) is 2.94. The smallest absolute Gasteiger partial charge is 0.280 e. The first-order valence-corrected chi connectivity index (χ1v) is 6.32. The molecule has 0 aliphatic rings. The summed E-state index contributed by atoms with van der Waals surface area (Å²) in [5.74, 6) is -0.333. The fourth-order valence-electron chi connectivity index (χ4n) is 2.24. The van der Waals surface area contributed by atoms with Gasteiger partial charge in [-0.05, 0) is 36.4 Å². The third-order valence-electron chi connectivity index (χ3n) is 3.44. The zero-order valence-electron chi connectivity index (χ0n) is 11.5. The molecule has 0 atom stereocenters. The van der Waals surface area contributed by atoms with Crippen LogP contribution in [0, 0.1) is 5.82 Å². The summed E-state index contributed by atoms with van der Waals surface area (Å²) in [6.07, 6.45) is 0. The second kappa shape index (κ2) is 4.66. The zero-order chi connectivity index (χ0) is 15.1. The highest BCUT2D eigenvalue weighted by Crippen LogP contribution is 2.19. The fraction of sp³-hybridized carbons (Fsp3) is 0.133. The molecule has 0 N–H and O–H groups in total. The van der Waals surface area contributed by atoms with Crippen molar-refractivity contribution in [1.82, 2.24) is 14.1 Å². The van der Waals surface area contributed by atoms with E-state index in [1.54, 1.807) is 31.3 Å². The SMILES string of the molecule is Cn1c(=O)c2ccc(-c3ccc(F)cc3)nc2n(C)c1=O. The summed E-state index contributed by atoms with van der Waals surface area (Å²) in [5, 5.41) is 0.366. The molecule has 1 aromatic carbocycles. The van der Waals surface area contributed by atoms with Crippen LogP contribution in [-0.2, 0) is 14.1 Å². The molecule has 0 saturated carbocycles. The molecule has 2 aromatic heterocycles. The van der Waals surface area contributed by atoms with Crippen molar-refractivity contribution >= 4 is 11.0 Å². The van der Waals surface area contributed by atoms with Crippen molar-refractivity contribution in [1.29, 1.82) is 0 Å². The van der Waals surface area contributed by atoms with Crippen LogP contribution < -0.4 is 11.2 Å². The first kappa shape index (κ1) is 13.2. The minimum absolute atomic E-state index is 0.310. The number of halogens is 1. The molecule has 0 amide bonds. The monoisotopic (exact) mass is 285 g/mol. The van der Waals surface area contributed by atoms with Gasteiger partial charge in [0.05, 0.1) is 11.1 Å². The van der Waals surface area contributed by atoms with Gasteiger partial charge in [-0.15, -0.1) is 0 Å². The molecule has 0 bridgehead atoms. The minimum Gasteiger partial charge on any atom is -0.280 e. The number of benzene rings is 1. The second-order valence-electron chi connectivity index (χ2n) is 4.78. The van der Waals surface area contributed by atoms with Crippen LogP contribution in [0.2, 0.25) is 0 Å². The minimum atomic E-state index is -0.434. The van der Waals surface area contributed by atoms with Gasteiger partial charge in [0.2, 0.25) is 0 Å². The molecule has 106 valence electrons. The third kappa shape index (κ3) is 2.05. The highest BCUT2D eigenvalue weighted by atomic mass is 19.1. The van der Waals surface area contributed by atoms with E-state index >= 15 is 0 Å². The Morgan fingerprint density at radius 1 is 0.952 bits per heavy atom. The molecule has 0 spiro atoms. The van der Waals surface area contributed by atoms with Gasteiger partial charge in [-0.25, -0.2) is 14.2 Å². The molecule has 2 heterocycles. The Balaban J connectivity index is 2.33. The molecule has 0 fully saturated rings. The molecular weight excluding hydrogens is 273 g/mol. The van der Waals surface area contributed by atoms with Gasteiger partial charge in [-0.1, -0.05) is 0 Å². The van der Waals surface area contributed by atoms with Crippen molar-refractivity contribution in [3.63, 3.8) is 0 Å². The lowest BCUT2D eigenvalue weighted by molar-refractivity contribution is 0.628. The van der Waals surface area contributed by atoms with Gasteiger partial charge in [-0.3, -0.25) is 13.9 Å². The molecular formula is C15H12FN3O2. The third-order valence-corrected chi connectivity index (χ3v) is 3.44. The number of aromatic nitrogens is 3. The number of fused-ring (bicyclic) bond motifs is 1. The maximum atomic E-state index is 13.0. The zero-order valence-corrected chi connectivity index (χ0v) is 11.5. The van der Waals surface area contributed by atoms with E-state index in [0.717, 1.165) is 4.57 Å². The van der Waals surface area contributed by atoms with Crippen LogP contribution in [0.25, 0.3) is 22.3 Å². The van der Waals surface area contributed by atoms with Crippen molar-refractivity contribution < 1.29 is 4.39 Å². The summed E-state index contributed by atoms with van der Waals surface area (Å²) in [4.78, 5) is 28.4. The number of pyridine rings is 1. The van der Waals surface area contributed by atoms with Crippen LogP contribution in [-0.4, -0.2) is 14.1 Å². The van der Waals surface area contributed by atoms with E-state index < -0.39 is 5.69 Å². The van der Waals surface area contributed by atoms with Gasteiger partial charge in [-0.2, -0.15) is 0 Å². The number of nitrogens with zero attached hydrogens (tertiary/aromatic N) is 3. The van der Waals surface area contributed by atoms with E-state index in [4.69, 9.17) is 0 Å². The largest absolute Gasteiger partial charge is 0.332 e. The molecule has 6 heteroatoms. The molecule has 0 saturated heterocycles. The van der Waals surface area contributed by atoms with Crippen LogP contribution >= 0.6 is 0 Å². The average molecular weight is 285 g/mol. The van der Waals surface area contributed by atoms with Gasteiger partial charge >= 0.3 is 5.69 Å². The van der Waals surface area contributed by atoms with E-state index in [1.807, 2.05) is 0 Å². The lowest BCUT2D eigenvalue weighted by Crippen LogP contribution is -2.37. The van der Waals surface area contributed by atoms with E-state index in [0.29, 0.717) is 22.3 Å². The van der Waals surface area contributed by atoms with Crippen LogP contribution in [0.4, 0.5) is 4.39 Å². The fourth-order valence-corrected chi connectivity index (χ4v) is 2.24.